The van der Waals surface area contributed by atoms with E-state index in [0.29, 0.717) is 5.69 Å². The maximum atomic E-state index is 12.5. The van der Waals surface area contributed by atoms with Gasteiger partial charge < -0.3 is 43.2 Å². The molecule has 0 aromatic carbocycles. The molecule has 1 heterocycles. The van der Waals surface area contributed by atoms with Crippen molar-refractivity contribution in [1.82, 2.24) is 25.9 Å². The molecule has 0 saturated heterocycles. The molecule has 11 N–H and O–H groups in total. The maximum Gasteiger partial charge on any atom is 0.326 e. The van der Waals surface area contributed by atoms with Gasteiger partial charge in [-0.15, -0.1) is 0 Å². The van der Waals surface area contributed by atoms with Crippen molar-refractivity contribution in [2.45, 2.75) is 56.8 Å². The van der Waals surface area contributed by atoms with Gasteiger partial charge in [0.1, 0.15) is 18.1 Å². The molecule has 0 saturated carbocycles. The fraction of sp³-hybridized carbons (Fsp3) is 0.500. The molecule has 0 radical (unpaired) electrons. The number of aromatic amines is 1. The summed E-state index contributed by atoms with van der Waals surface area (Å²) in [6.07, 6.45) is 1.79. The molecule has 182 valence electrons. The van der Waals surface area contributed by atoms with E-state index in [9.17, 15) is 33.9 Å². The van der Waals surface area contributed by atoms with Crippen molar-refractivity contribution in [3.63, 3.8) is 0 Å². The summed E-state index contributed by atoms with van der Waals surface area (Å²) in [6, 6.07) is -5.16. The standard InChI is InChI=1S/C18H28N8O7/c1-8(24-16(30)10(19)4-9-6-22-7-23-9)15(29)26-12(5-14(21)28)17(31)25-11(18(32)33)2-3-13(20)27/h6-8,10-12H,2-5,19H2,1H3,(H2,20,27)(H2,21,28)(H,22,23)(H,24,30)(H,25,31)(H,26,29)(H,32,33). The number of primary amides is 2. The lowest BCUT2D eigenvalue weighted by Crippen LogP contribution is -2.57. The van der Waals surface area contributed by atoms with Crippen molar-refractivity contribution >= 4 is 35.5 Å². The number of carboxylic acid groups (broad SMARTS) is 1. The monoisotopic (exact) mass is 468 g/mol. The zero-order valence-corrected chi connectivity index (χ0v) is 17.9. The topological polar surface area (TPSA) is 265 Å². The molecule has 15 heteroatoms. The van der Waals surface area contributed by atoms with Crippen LogP contribution in [-0.4, -0.2) is 74.7 Å². The fourth-order valence-corrected chi connectivity index (χ4v) is 2.64. The summed E-state index contributed by atoms with van der Waals surface area (Å²) in [5.41, 5.74) is 16.5. The number of carboxylic acids is 1. The highest BCUT2D eigenvalue weighted by Crippen LogP contribution is 2.02. The smallest absolute Gasteiger partial charge is 0.326 e. The Hall–Kier alpha value is -4.01. The van der Waals surface area contributed by atoms with Gasteiger partial charge in [0.05, 0.1) is 18.8 Å². The van der Waals surface area contributed by atoms with Crippen LogP contribution >= 0.6 is 0 Å². The Morgan fingerprint density at radius 1 is 1.00 bits per heavy atom. The van der Waals surface area contributed by atoms with Crippen molar-refractivity contribution in [3.8, 4) is 0 Å². The molecule has 1 rings (SSSR count). The second kappa shape index (κ2) is 12.7. The molecule has 5 amide bonds. The maximum absolute atomic E-state index is 12.5. The molecular formula is C18H28N8O7. The van der Waals surface area contributed by atoms with Crippen LogP contribution in [0.15, 0.2) is 12.5 Å². The van der Waals surface area contributed by atoms with Gasteiger partial charge in [-0.05, 0) is 13.3 Å². The molecule has 4 unspecified atom stereocenters. The summed E-state index contributed by atoms with van der Waals surface area (Å²) >= 11 is 0. The fourth-order valence-electron chi connectivity index (χ4n) is 2.64. The number of amides is 5. The zero-order valence-electron chi connectivity index (χ0n) is 17.9. The average Bonchev–Trinajstić information content (AvgIpc) is 3.22. The van der Waals surface area contributed by atoms with Gasteiger partial charge in [-0.1, -0.05) is 0 Å². The molecule has 0 aliphatic carbocycles. The van der Waals surface area contributed by atoms with E-state index in [-0.39, 0.29) is 19.3 Å². The van der Waals surface area contributed by atoms with Crippen LogP contribution < -0.4 is 33.2 Å². The molecule has 0 aliphatic rings. The van der Waals surface area contributed by atoms with E-state index in [1.807, 2.05) is 0 Å². The van der Waals surface area contributed by atoms with Crippen LogP contribution in [0.3, 0.4) is 0 Å². The first-order valence-corrected chi connectivity index (χ1v) is 9.84. The number of H-pyrrole nitrogens is 1. The van der Waals surface area contributed by atoms with Gasteiger partial charge in [0.15, 0.2) is 0 Å². The van der Waals surface area contributed by atoms with Crippen molar-refractivity contribution in [1.29, 1.82) is 0 Å². The lowest BCUT2D eigenvalue weighted by atomic mass is 10.1. The van der Waals surface area contributed by atoms with Crippen LogP contribution in [0, 0.1) is 0 Å². The summed E-state index contributed by atoms with van der Waals surface area (Å²) < 4.78 is 0. The number of nitrogens with zero attached hydrogens (tertiary/aromatic N) is 1. The highest BCUT2D eigenvalue weighted by Gasteiger charge is 2.30. The summed E-state index contributed by atoms with van der Waals surface area (Å²) in [5.74, 6) is -5.68. The summed E-state index contributed by atoms with van der Waals surface area (Å²) in [5, 5.41) is 15.9. The van der Waals surface area contributed by atoms with Crippen molar-refractivity contribution in [2.24, 2.45) is 17.2 Å². The number of rotatable bonds is 14. The third kappa shape index (κ3) is 9.77. The molecule has 4 atom stereocenters. The number of hydrogen-bond acceptors (Lipinski definition) is 8. The number of carbonyl (C=O) groups excluding carboxylic acids is 5. The number of nitrogens with one attached hydrogen (secondary N) is 4. The molecular weight excluding hydrogens is 440 g/mol. The van der Waals surface area contributed by atoms with Gasteiger partial charge in [-0.2, -0.15) is 0 Å². The van der Waals surface area contributed by atoms with Crippen LogP contribution in [0.2, 0.25) is 0 Å². The zero-order chi connectivity index (χ0) is 25.1. The van der Waals surface area contributed by atoms with Gasteiger partial charge in [-0.3, -0.25) is 24.0 Å². The van der Waals surface area contributed by atoms with E-state index in [4.69, 9.17) is 17.2 Å². The number of aliphatic carboxylic acids is 1. The van der Waals surface area contributed by atoms with E-state index in [1.165, 1.54) is 19.4 Å². The van der Waals surface area contributed by atoms with Crippen molar-refractivity contribution < 1.29 is 33.9 Å². The van der Waals surface area contributed by atoms with Crippen LogP contribution in [0.1, 0.15) is 31.9 Å². The van der Waals surface area contributed by atoms with Crippen LogP contribution in [0.25, 0.3) is 0 Å². The van der Waals surface area contributed by atoms with Gasteiger partial charge >= 0.3 is 5.97 Å². The summed E-state index contributed by atoms with van der Waals surface area (Å²) in [6.45, 7) is 1.32. The van der Waals surface area contributed by atoms with Crippen LogP contribution in [0.4, 0.5) is 0 Å². The molecule has 15 nitrogen and oxygen atoms in total. The van der Waals surface area contributed by atoms with Gasteiger partial charge in [0.25, 0.3) is 0 Å². The molecule has 0 fully saturated rings. The molecule has 1 aromatic heterocycles. The minimum Gasteiger partial charge on any atom is -0.480 e. The predicted octanol–water partition coefficient (Wildman–Crippen LogP) is -4.02. The number of nitrogens with two attached hydrogens (primary N) is 3. The quantitative estimate of drug-likeness (QED) is 0.132. The Labute approximate surface area is 188 Å². The Morgan fingerprint density at radius 2 is 1.64 bits per heavy atom. The molecule has 0 spiro atoms. The molecule has 33 heavy (non-hydrogen) atoms. The lowest BCUT2D eigenvalue weighted by molar-refractivity contribution is -0.142. The first-order valence-electron chi connectivity index (χ1n) is 9.84. The lowest BCUT2D eigenvalue weighted by Gasteiger charge is -2.23. The molecule has 1 aromatic rings. The average molecular weight is 468 g/mol. The Balaban J connectivity index is 2.74. The molecule has 0 aliphatic heterocycles. The van der Waals surface area contributed by atoms with E-state index >= 15 is 0 Å². The summed E-state index contributed by atoms with van der Waals surface area (Å²) in [7, 11) is 0. The number of hydrogen-bond donors (Lipinski definition) is 8. The van der Waals surface area contributed by atoms with Gasteiger partial charge in [0.2, 0.25) is 29.5 Å². The van der Waals surface area contributed by atoms with E-state index in [0.717, 1.165) is 0 Å². The second-order valence-corrected chi connectivity index (χ2v) is 7.25. The first-order chi connectivity index (χ1) is 15.4. The SMILES string of the molecule is CC(NC(=O)C(N)Cc1cnc[nH]1)C(=O)NC(CC(N)=O)C(=O)NC(CCC(N)=O)C(=O)O. The van der Waals surface area contributed by atoms with Crippen molar-refractivity contribution in [3.05, 3.63) is 18.2 Å². The third-order valence-corrected chi connectivity index (χ3v) is 4.42. The van der Waals surface area contributed by atoms with Gasteiger partial charge in [0, 0.05) is 24.7 Å². The number of carbonyl (C=O) groups is 6. The minimum atomic E-state index is -1.52. The Morgan fingerprint density at radius 3 is 2.15 bits per heavy atom. The Bertz CT molecular complexity index is 873. The third-order valence-electron chi connectivity index (χ3n) is 4.42. The predicted molar refractivity (Wildman–Crippen MR) is 112 cm³/mol. The summed E-state index contributed by atoms with van der Waals surface area (Å²) in [4.78, 5) is 77.3. The largest absolute Gasteiger partial charge is 0.480 e. The van der Waals surface area contributed by atoms with Crippen LogP contribution in [0.5, 0.6) is 0 Å². The highest BCUT2D eigenvalue weighted by molar-refractivity contribution is 5.96. The highest BCUT2D eigenvalue weighted by atomic mass is 16.4. The van der Waals surface area contributed by atoms with Crippen LogP contribution in [-0.2, 0) is 35.2 Å². The molecule has 0 bridgehead atoms. The second-order valence-electron chi connectivity index (χ2n) is 7.25. The van der Waals surface area contributed by atoms with E-state index < -0.39 is 66.1 Å². The Kier molecular flexibility index (Phi) is 10.4. The first kappa shape index (κ1) is 27.0. The normalized spacial score (nSPS) is 14.2. The van der Waals surface area contributed by atoms with E-state index in [2.05, 4.69) is 25.9 Å². The minimum absolute atomic E-state index is 0.134. The number of imidazole rings is 1. The van der Waals surface area contributed by atoms with Crippen molar-refractivity contribution in [2.75, 3.05) is 0 Å². The van der Waals surface area contributed by atoms with Gasteiger partial charge in [-0.25, -0.2) is 9.78 Å². The number of aromatic nitrogens is 2. The van der Waals surface area contributed by atoms with E-state index in [1.54, 1.807) is 0 Å².